The summed E-state index contributed by atoms with van der Waals surface area (Å²) in [6.07, 6.45) is 0.971. The summed E-state index contributed by atoms with van der Waals surface area (Å²) in [7, 11) is -3.94. The Morgan fingerprint density at radius 1 is 1.00 bits per heavy atom. The predicted octanol–water partition coefficient (Wildman–Crippen LogP) is 1.62. The van der Waals surface area contributed by atoms with Crippen molar-refractivity contribution in [3.05, 3.63) is 47.5 Å². The van der Waals surface area contributed by atoms with Crippen molar-refractivity contribution in [2.24, 2.45) is 0 Å². The first-order chi connectivity index (χ1) is 18.4. The molecule has 2 aromatic rings. The van der Waals surface area contributed by atoms with Gasteiger partial charge >= 0.3 is 5.97 Å². The lowest BCUT2D eigenvalue weighted by molar-refractivity contribution is -0.141. The third-order valence-electron chi connectivity index (χ3n) is 6.96. The van der Waals surface area contributed by atoms with Crippen LogP contribution in [0.15, 0.2) is 35.2 Å². The maximum atomic E-state index is 16.0. The smallest absolute Gasteiger partial charge is 0.334 e. The number of hydrogen-bond acceptors (Lipinski definition) is 8. The standard InChI is InChI=1S/C25H24F2N4O7S/c1-13(32)28-14-2-6-16(7-3-14)39(37,38)30-10-8-29(9-11-30)21-18(26)12-17-20(19(21)27)31(15-4-5-15)22(25(35)36)24(34)23(17)33/h2-3,6-7,12,15,22H,4-5,8-11H2,1H3,(H,28,32)(H,35,36). The van der Waals surface area contributed by atoms with Gasteiger partial charge in [0.05, 0.1) is 16.1 Å². The third-order valence-corrected chi connectivity index (χ3v) is 8.88. The van der Waals surface area contributed by atoms with Gasteiger partial charge in [0, 0.05) is 44.8 Å². The first-order valence-electron chi connectivity index (χ1n) is 12.2. The van der Waals surface area contributed by atoms with Crippen molar-refractivity contribution in [2.75, 3.05) is 41.3 Å². The normalized spacial score (nSPS) is 20.1. The highest BCUT2D eigenvalue weighted by atomic mass is 32.2. The number of rotatable bonds is 6. The number of nitrogens with one attached hydrogen (secondary N) is 1. The second kappa shape index (κ2) is 9.68. The molecule has 14 heteroatoms. The summed E-state index contributed by atoms with van der Waals surface area (Å²) in [5, 5.41) is 12.2. The summed E-state index contributed by atoms with van der Waals surface area (Å²) < 4.78 is 58.6. The zero-order valence-corrected chi connectivity index (χ0v) is 21.5. The molecule has 3 aliphatic rings. The minimum Gasteiger partial charge on any atom is -0.479 e. The number of benzene rings is 2. The van der Waals surface area contributed by atoms with Crippen LogP contribution in [0.4, 0.5) is 25.8 Å². The summed E-state index contributed by atoms with van der Waals surface area (Å²) in [6.45, 7) is 0.938. The molecule has 5 rings (SSSR count). The van der Waals surface area contributed by atoms with Gasteiger partial charge in [0.1, 0.15) is 11.5 Å². The molecular formula is C25H24F2N4O7S. The Morgan fingerprint density at radius 3 is 2.15 bits per heavy atom. The van der Waals surface area contributed by atoms with Gasteiger partial charge in [0.2, 0.25) is 27.5 Å². The number of hydrogen-bond donors (Lipinski definition) is 2. The van der Waals surface area contributed by atoms with Crippen molar-refractivity contribution < 1.29 is 41.5 Å². The van der Waals surface area contributed by atoms with E-state index in [9.17, 15) is 32.7 Å². The molecule has 2 aliphatic heterocycles. The molecule has 0 radical (unpaired) electrons. The van der Waals surface area contributed by atoms with Crippen LogP contribution in [-0.2, 0) is 24.4 Å². The van der Waals surface area contributed by atoms with Crippen molar-refractivity contribution in [3.63, 3.8) is 0 Å². The second-order valence-electron chi connectivity index (χ2n) is 9.59. The lowest BCUT2D eigenvalue weighted by Crippen LogP contribution is -2.55. The van der Waals surface area contributed by atoms with Crippen molar-refractivity contribution in [2.45, 2.75) is 36.7 Å². The monoisotopic (exact) mass is 562 g/mol. The zero-order valence-electron chi connectivity index (χ0n) is 20.7. The Balaban J connectivity index is 1.41. The highest BCUT2D eigenvalue weighted by molar-refractivity contribution is 7.89. The Bertz CT molecular complexity index is 1500. The number of ketones is 2. The average molecular weight is 563 g/mol. The molecule has 1 saturated heterocycles. The van der Waals surface area contributed by atoms with Gasteiger partial charge < -0.3 is 20.2 Å². The minimum absolute atomic E-state index is 0.0147. The summed E-state index contributed by atoms with van der Waals surface area (Å²) in [5.74, 6) is -6.69. The van der Waals surface area contributed by atoms with E-state index in [0.717, 1.165) is 11.0 Å². The van der Waals surface area contributed by atoms with Gasteiger partial charge in [-0.15, -0.1) is 0 Å². The van der Waals surface area contributed by atoms with E-state index >= 15 is 8.78 Å². The molecule has 0 bridgehead atoms. The Morgan fingerprint density at radius 2 is 1.62 bits per heavy atom. The van der Waals surface area contributed by atoms with E-state index in [4.69, 9.17) is 0 Å². The number of anilines is 3. The number of carbonyl (C=O) groups is 4. The molecule has 2 aromatic carbocycles. The van der Waals surface area contributed by atoms with E-state index in [2.05, 4.69) is 5.32 Å². The molecule has 206 valence electrons. The first-order valence-corrected chi connectivity index (χ1v) is 13.6. The van der Waals surface area contributed by atoms with E-state index in [1.165, 1.54) is 40.4 Å². The number of aliphatic carboxylic acids is 1. The van der Waals surface area contributed by atoms with E-state index in [-0.39, 0.29) is 37.0 Å². The number of piperazine rings is 1. The van der Waals surface area contributed by atoms with Gasteiger partial charge in [-0.25, -0.2) is 22.0 Å². The fraction of sp³-hybridized carbons (Fsp3) is 0.360. The van der Waals surface area contributed by atoms with Crippen LogP contribution < -0.4 is 15.1 Å². The second-order valence-corrected chi connectivity index (χ2v) is 11.5. The number of carboxylic acids is 1. The first kappa shape index (κ1) is 26.7. The Labute approximate surface area is 222 Å². The fourth-order valence-corrected chi connectivity index (χ4v) is 6.44. The van der Waals surface area contributed by atoms with Crippen LogP contribution in [0.1, 0.15) is 30.1 Å². The lowest BCUT2D eigenvalue weighted by Gasteiger charge is -2.39. The molecule has 0 spiro atoms. The van der Waals surface area contributed by atoms with E-state index in [0.29, 0.717) is 18.5 Å². The van der Waals surface area contributed by atoms with Gasteiger partial charge in [-0.3, -0.25) is 14.4 Å². The van der Waals surface area contributed by atoms with Gasteiger partial charge in [-0.2, -0.15) is 4.31 Å². The largest absolute Gasteiger partial charge is 0.479 e. The SMILES string of the molecule is CC(=O)Nc1ccc(S(=O)(=O)N2CCN(c3c(F)cc4c(c3F)N(C3CC3)C(C(=O)O)C(=O)C4=O)CC2)cc1. The predicted molar refractivity (Wildman–Crippen MR) is 134 cm³/mol. The van der Waals surface area contributed by atoms with Crippen LogP contribution in [0.25, 0.3) is 0 Å². The van der Waals surface area contributed by atoms with Crippen molar-refractivity contribution >= 4 is 50.5 Å². The van der Waals surface area contributed by atoms with Crippen LogP contribution in [0.5, 0.6) is 0 Å². The number of carboxylic acid groups (broad SMARTS) is 1. The quantitative estimate of drug-likeness (QED) is 0.396. The molecule has 39 heavy (non-hydrogen) atoms. The van der Waals surface area contributed by atoms with Gasteiger partial charge in [-0.05, 0) is 43.2 Å². The molecule has 2 N–H and O–H groups in total. The zero-order chi connectivity index (χ0) is 28.2. The maximum Gasteiger partial charge on any atom is 0.334 e. The Kier molecular flexibility index (Phi) is 6.63. The number of Topliss-reactive ketones (excluding diaryl/α,β-unsaturated/α-hetero) is 2. The molecule has 0 aromatic heterocycles. The lowest BCUT2D eigenvalue weighted by atomic mass is 9.91. The molecule has 2 fully saturated rings. The van der Waals surface area contributed by atoms with Crippen LogP contribution >= 0.6 is 0 Å². The van der Waals surface area contributed by atoms with Crippen molar-refractivity contribution in [1.29, 1.82) is 0 Å². The highest BCUT2D eigenvalue weighted by Crippen LogP contribution is 2.44. The fourth-order valence-electron chi connectivity index (χ4n) is 5.02. The summed E-state index contributed by atoms with van der Waals surface area (Å²) in [6, 6.07) is 3.97. The minimum atomic E-state index is -3.94. The van der Waals surface area contributed by atoms with Crippen LogP contribution in [0.3, 0.4) is 0 Å². The molecule has 1 amide bonds. The molecule has 1 atom stereocenters. The van der Waals surface area contributed by atoms with E-state index < -0.39 is 68.2 Å². The molecule has 1 unspecified atom stereocenters. The van der Waals surface area contributed by atoms with E-state index in [1.54, 1.807) is 0 Å². The molecule has 11 nitrogen and oxygen atoms in total. The maximum absolute atomic E-state index is 16.0. The van der Waals surface area contributed by atoms with Crippen LogP contribution in [0.2, 0.25) is 0 Å². The number of sulfonamides is 1. The van der Waals surface area contributed by atoms with Gasteiger partial charge in [-0.1, -0.05) is 0 Å². The number of nitrogens with zero attached hydrogens (tertiary/aromatic N) is 3. The highest BCUT2D eigenvalue weighted by Gasteiger charge is 2.51. The topological polar surface area (TPSA) is 144 Å². The average Bonchev–Trinajstić information content (AvgIpc) is 3.72. The van der Waals surface area contributed by atoms with Crippen molar-refractivity contribution in [3.8, 4) is 0 Å². The third kappa shape index (κ3) is 4.63. The Hall–Kier alpha value is -3.91. The number of amides is 1. The number of halogens is 2. The van der Waals surface area contributed by atoms with Crippen molar-refractivity contribution in [1.82, 2.24) is 4.31 Å². The molecule has 1 aliphatic carbocycles. The summed E-state index contributed by atoms with van der Waals surface area (Å²) >= 11 is 0. The summed E-state index contributed by atoms with van der Waals surface area (Å²) in [4.78, 5) is 50.5. The summed E-state index contributed by atoms with van der Waals surface area (Å²) in [5.41, 5.74) is -1.02. The van der Waals surface area contributed by atoms with Crippen LogP contribution in [0, 0.1) is 11.6 Å². The van der Waals surface area contributed by atoms with Gasteiger partial charge in [0.15, 0.2) is 11.9 Å². The number of carbonyl (C=O) groups excluding carboxylic acids is 3. The van der Waals surface area contributed by atoms with Gasteiger partial charge in [0.25, 0.3) is 0 Å². The number of fused-ring (bicyclic) bond motifs is 1. The molecule has 1 saturated carbocycles. The molecule has 2 heterocycles. The molecular weight excluding hydrogens is 538 g/mol. The van der Waals surface area contributed by atoms with Crippen LogP contribution in [-0.4, -0.2) is 79.5 Å². The van der Waals surface area contributed by atoms with E-state index in [1.807, 2.05) is 0 Å².